The highest BCUT2D eigenvalue weighted by molar-refractivity contribution is 5.79. The predicted molar refractivity (Wildman–Crippen MR) is 106 cm³/mol. The van der Waals surface area contributed by atoms with Crippen LogP contribution >= 0.6 is 0 Å². The van der Waals surface area contributed by atoms with Gasteiger partial charge in [-0.05, 0) is 11.5 Å². The molecule has 1 amide bonds. The zero-order chi connectivity index (χ0) is 19.5. The van der Waals surface area contributed by atoms with Crippen molar-refractivity contribution < 1.29 is 14.6 Å². The number of rotatable bonds is 7. The summed E-state index contributed by atoms with van der Waals surface area (Å²) in [6.45, 7) is 4.53. The number of carbonyl (C=O) groups excluding carboxylic acids is 1. The average molecular weight is 385 g/mol. The number of nitrogens with one attached hydrogen (secondary N) is 3. The summed E-state index contributed by atoms with van der Waals surface area (Å²) in [5.41, 5.74) is 2.20. The first-order chi connectivity index (χ1) is 13.6. The number of nitrogens with zero attached hydrogens (tertiary/aromatic N) is 3. The van der Waals surface area contributed by atoms with Crippen molar-refractivity contribution in [2.75, 3.05) is 27.2 Å². The third kappa shape index (κ3) is 4.42. The second-order valence-corrected chi connectivity index (χ2v) is 8.72. The Balaban J connectivity index is 1.31. The summed E-state index contributed by atoms with van der Waals surface area (Å²) in [5.74, 6) is 0.862. The van der Waals surface area contributed by atoms with Gasteiger partial charge in [0.05, 0.1) is 45.8 Å². The molecular weight excluding hydrogens is 352 g/mol. The van der Waals surface area contributed by atoms with Crippen LogP contribution in [0.5, 0.6) is 0 Å². The summed E-state index contributed by atoms with van der Waals surface area (Å²) < 4.78 is 2.00. The molecular formula is C21H32N6O+2. The Bertz CT molecular complexity index is 789. The van der Waals surface area contributed by atoms with Gasteiger partial charge in [0.2, 0.25) is 5.91 Å². The SMILES string of the molecule is C[NH+](C)Cc1cn(C[C@H]2C[C@H]3CC[NH+]2C[C@@H]3C(=O)NCc2ccccc2)nn1. The standard InChI is InChI=1S/C21H30N6O/c1-25(2)12-18-13-27(24-23-18)14-19-10-17-8-9-26(19)15-20(17)21(28)22-11-16-6-4-3-5-7-16/h3-7,13,17,19-20H,8-12,14-15H2,1-2H3,(H,22,28)/p+2/t17-,19-,20+/m1/s1. The topological polar surface area (TPSA) is 68.7 Å². The maximum absolute atomic E-state index is 12.8. The van der Waals surface area contributed by atoms with Gasteiger partial charge in [-0.25, -0.2) is 4.68 Å². The van der Waals surface area contributed by atoms with E-state index in [0.717, 1.165) is 43.7 Å². The van der Waals surface area contributed by atoms with Crippen molar-refractivity contribution in [2.24, 2.45) is 11.8 Å². The van der Waals surface area contributed by atoms with Crippen LogP contribution in [0.25, 0.3) is 0 Å². The molecule has 3 fully saturated rings. The van der Waals surface area contributed by atoms with Crippen molar-refractivity contribution in [3.63, 3.8) is 0 Å². The van der Waals surface area contributed by atoms with Crippen LogP contribution in [0.2, 0.25) is 0 Å². The molecule has 3 aliphatic heterocycles. The molecule has 150 valence electrons. The van der Waals surface area contributed by atoms with E-state index in [0.29, 0.717) is 18.5 Å². The molecule has 3 aliphatic rings. The van der Waals surface area contributed by atoms with Crippen LogP contribution in [0.15, 0.2) is 36.5 Å². The number of benzene rings is 1. The number of quaternary nitrogens is 2. The van der Waals surface area contributed by atoms with Gasteiger partial charge in [-0.15, -0.1) is 5.10 Å². The van der Waals surface area contributed by atoms with Gasteiger partial charge in [0.15, 0.2) is 0 Å². The fraction of sp³-hybridized carbons (Fsp3) is 0.571. The number of amides is 1. The first-order valence-electron chi connectivity index (χ1n) is 10.4. The van der Waals surface area contributed by atoms with Crippen molar-refractivity contribution in [3.05, 3.63) is 47.8 Å². The molecule has 7 heteroatoms. The van der Waals surface area contributed by atoms with Crippen LogP contribution in [0.3, 0.4) is 0 Å². The number of hydrogen-bond donors (Lipinski definition) is 3. The largest absolute Gasteiger partial charge is 0.352 e. The van der Waals surface area contributed by atoms with Crippen molar-refractivity contribution in [1.29, 1.82) is 0 Å². The minimum absolute atomic E-state index is 0.146. The second-order valence-electron chi connectivity index (χ2n) is 8.72. The monoisotopic (exact) mass is 384 g/mol. The van der Waals surface area contributed by atoms with E-state index in [9.17, 15) is 4.79 Å². The van der Waals surface area contributed by atoms with Crippen molar-refractivity contribution in [2.45, 2.75) is 38.5 Å². The molecule has 3 N–H and O–H groups in total. The Morgan fingerprint density at radius 3 is 2.86 bits per heavy atom. The fourth-order valence-corrected chi connectivity index (χ4v) is 4.83. The molecule has 0 radical (unpaired) electrons. The first kappa shape index (κ1) is 19.1. The van der Waals surface area contributed by atoms with Gasteiger partial charge in [-0.3, -0.25) is 4.79 Å². The Labute approximate surface area is 166 Å². The van der Waals surface area contributed by atoms with Gasteiger partial charge in [0.25, 0.3) is 0 Å². The minimum atomic E-state index is 0.146. The number of piperidine rings is 3. The van der Waals surface area contributed by atoms with Crippen LogP contribution < -0.4 is 15.1 Å². The molecule has 1 aromatic heterocycles. The molecule has 2 aromatic rings. The maximum atomic E-state index is 12.8. The average Bonchev–Trinajstić information content (AvgIpc) is 3.13. The summed E-state index contributed by atoms with van der Waals surface area (Å²) in [7, 11) is 4.25. The second kappa shape index (κ2) is 8.41. The lowest BCUT2D eigenvalue weighted by atomic mass is 9.75. The zero-order valence-corrected chi connectivity index (χ0v) is 16.9. The predicted octanol–water partition coefficient (Wildman–Crippen LogP) is -1.47. The van der Waals surface area contributed by atoms with Gasteiger partial charge in [-0.2, -0.15) is 0 Å². The lowest BCUT2D eigenvalue weighted by Crippen LogP contribution is -3.20. The fourth-order valence-electron chi connectivity index (χ4n) is 4.83. The van der Waals surface area contributed by atoms with Crippen molar-refractivity contribution >= 4 is 5.91 Å². The normalized spacial score (nSPS) is 26.5. The Kier molecular flexibility index (Phi) is 5.73. The quantitative estimate of drug-likeness (QED) is 0.546. The van der Waals surface area contributed by atoms with Gasteiger partial charge in [0.1, 0.15) is 18.3 Å². The Hall–Kier alpha value is -2.25. The third-order valence-corrected chi connectivity index (χ3v) is 6.23. The van der Waals surface area contributed by atoms with Gasteiger partial charge < -0.3 is 15.1 Å². The Morgan fingerprint density at radius 1 is 1.32 bits per heavy atom. The first-order valence-corrected chi connectivity index (χ1v) is 10.4. The van der Waals surface area contributed by atoms with E-state index in [2.05, 4.69) is 48.1 Å². The summed E-state index contributed by atoms with van der Waals surface area (Å²) >= 11 is 0. The van der Waals surface area contributed by atoms with E-state index in [4.69, 9.17) is 0 Å². The molecule has 3 saturated heterocycles. The van der Waals surface area contributed by atoms with E-state index in [-0.39, 0.29) is 11.8 Å². The van der Waals surface area contributed by atoms with Crippen LogP contribution in [0.1, 0.15) is 24.1 Å². The zero-order valence-electron chi connectivity index (χ0n) is 16.9. The number of hydrogen-bond acceptors (Lipinski definition) is 3. The highest BCUT2D eigenvalue weighted by Crippen LogP contribution is 2.27. The molecule has 2 bridgehead atoms. The molecule has 5 rings (SSSR count). The molecule has 1 aromatic carbocycles. The van der Waals surface area contributed by atoms with Crippen LogP contribution in [-0.4, -0.2) is 54.1 Å². The number of carbonyl (C=O) groups is 1. The summed E-state index contributed by atoms with van der Waals surface area (Å²) in [6.07, 6.45) is 4.34. The maximum Gasteiger partial charge on any atom is 0.229 e. The Morgan fingerprint density at radius 2 is 2.14 bits per heavy atom. The van der Waals surface area contributed by atoms with E-state index >= 15 is 0 Å². The molecule has 7 nitrogen and oxygen atoms in total. The molecule has 0 saturated carbocycles. The lowest BCUT2D eigenvalue weighted by Gasteiger charge is -2.46. The summed E-state index contributed by atoms with van der Waals surface area (Å²) in [5, 5.41) is 11.8. The van der Waals surface area contributed by atoms with E-state index in [1.807, 2.05) is 22.9 Å². The van der Waals surface area contributed by atoms with Gasteiger partial charge >= 0.3 is 0 Å². The van der Waals surface area contributed by atoms with E-state index in [1.54, 1.807) is 4.90 Å². The number of aromatic nitrogens is 3. The van der Waals surface area contributed by atoms with Gasteiger partial charge in [-0.1, -0.05) is 35.5 Å². The van der Waals surface area contributed by atoms with E-state index < -0.39 is 0 Å². The number of fused-ring (bicyclic) bond motifs is 3. The summed E-state index contributed by atoms with van der Waals surface area (Å²) in [6, 6.07) is 10.7. The molecule has 1 unspecified atom stereocenters. The van der Waals surface area contributed by atoms with Gasteiger partial charge in [0, 0.05) is 19.4 Å². The molecule has 0 spiro atoms. The molecule has 28 heavy (non-hydrogen) atoms. The molecule has 0 aliphatic carbocycles. The van der Waals surface area contributed by atoms with Crippen LogP contribution in [-0.2, 0) is 24.4 Å². The minimum Gasteiger partial charge on any atom is -0.352 e. The smallest absolute Gasteiger partial charge is 0.229 e. The molecule has 4 atom stereocenters. The third-order valence-electron chi connectivity index (χ3n) is 6.23. The lowest BCUT2D eigenvalue weighted by molar-refractivity contribution is -0.945. The van der Waals surface area contributed by atoms with Crippen LogP contribution in [0, 0.1) is 11.8 Å². The van der Waals surface area contributed by atoms with Crippen molar-refractivity contribution in [1.82, 2.24) is 20.3 Å². The highest BCUT2D eigenvalue weighted by Gasteiger charge is 2.46. The summed E-state index contributed by atoms with van der Waals surface area (Å²) in [4.78, 5) is 15.7. The highest BCUT2D eigenvalue weighted by atomic mass is 16.1. The van der Waals surface area contributed by atoms with Crippen LogP contribution in [0.4, 0.5) is 0 Å². The molecule has 4 heterocycles. The van der Waals surface area contributed by atoms with E-state index in [1.165, 1.54) is 11.4 Å². The van der Waals surface area contributed by atoms with Crippen molar-refractivity contribution in [3.8, 4) is 0 Å².